The Hall–Kier alpha value is -2.31. The Morgan fingerprint density at radius 2 is 1.90 bits per heavy atom. The maximum Gasteiger partial charge on any atom is 0.339 e. The smallest absolute Gasteiger partial charge is 0.339 e. The number of rotatable bonds is 6. The van der Waals surface area contributed by atoms with E-state index in [4.69, 9.17) is 28.6 Å². The van der Waals surface area contributed by atoms with Crippen LogP contribution in [0.1, 0.15) is 48.7 Å². The van der Waals surface area contributed by atoms with E-state index in [2.05, 4.69) is 46.7 Å². The first-order chi connectivity index (χ1) is 14.0. The first-order valence-corrected chi connectivity index (χ1v) is 10.7. The van der Waals surface area contributed by atoms with Gasteiger partial charge < -0.3 is 20.3 Å². The number of carbonyl (C=O) groups excluding carboxylic acids is 1. The molecule has 29 heavy (non-hydrogen) atoms. The second kappa shape index (κ2) is 9.94. The lowest BCUT2D eigenvalue weighted by atomic mass is 10.1. The molecule has 0 amide bonds. The molecule has 154 valence electrons. The van der Waals surface area contributed by atoms with Crippen molar-refractivity contribution < 1.29 is 9.53 Å². The number of ether oxygens (including phenoxy) is 1. The minimum Gasteiger partial charge on any atom is -0.462 e. The Kier molecular flexibility index (Phi) is 7.34. The van der Waals surface area contributed by atoms with Gasteiger partial charge in [0.1, 0.15) is 0 Å². The normalized spacial score (nSPS) is 14.4. The molecule has 0 bridgehead atoms. The number of anilines is 2. The summed E-state index contributed by atoms with van der Waals surface area (Å²) >= 11 is 11.6. The predicted molar refractivity (Wildman–Crippen MR) is 123 cm³/mol. The summed E-state index contributed by atoms with van der Waals surface area (Å²) in [6, 6.07) is 13.7. The van der Waals surface area contributed by atoms with Crippen LogP contribution < -0.4 is 15.5 Å². The van der Waals surface area contributed by atoms with Gasteiger partial charge in [-0.3, -0.25) is 0 Å². The number of benzene rings is 2. The Balaban J connectivity index is 1.57. The number of nitrogens with one attached hydrogen (secondary N) is 2. The van der Waals surface area contributed by atoms with Crippen LogP contribution in [-0.2, 0) is 4.74 Å². The molecule has 1 aliphatic heterocycles. The molecule has 1 saturated heterocycles. The molecule has 1 fully saturated rings. The van der Waals surface area contributed by atoms with Gasteiger partial charge in [-0.25, -0.2) is 4.79 Å². The van der Waals surface area contributed by atoms with E-state index in [9.17, 15) is 4.79 Å². The minimum atomic E-state index is -0.434. The topological polar surface area (TPSA) is 53.6 Å². The maximum atomic E-state index is 11.8. The number of halogens is 1. The molecule has 0 unspecified atom stereocenters. The number of carbonyl (C=O) groups is 1. The van der Waals surface area contributed by atoms with Crippen LogP contribution in [0.15, 0.2) is 42.5 Å². The van der Waals surface area contributed by atoms with Crippen LogP contribution in [0.4, 0.5) is 11.4 Å². The van der Waals surface area contributed by atoms with Crippen molar-refractivity contribution in [3.63, 3.8) is 0 Å². The van der Waals surface area contributed by atoms with E-state index >= 15 is 0 Å². The average Bonchev–Trinajstić information content (AvgIpc) is 3.23. The Morgan fingerprint density at radius 1 is 1.21 bits per heavy atom. The highest BCUT2D eigenvalue weighted by Crippen LogP contribution is 2.24. The van der Waals surface area contributed by atoms with Crippen molar-refractivity contribution in [2.24, 2.45) is 0 Å². The van der Waals surface area contributed by atoms with Crippen LogP contribution in [-0.4, -0.2) is 30.8 Å². The van der Waals surface area contributed by atoms with Crippen LogP contribution in [0.5, 0.6) is 0 Å². The van der Waals surface area contributed by atoms with Crippen molar-refractivity contribution >= 4 is 46.3 Å². The van der Waals surface area contributed by atoms with Gasteiger partial charge in [0.15, 0.2) is 5.11 Å². The molecule has 1 atom stereocenters. The van der Waals surface area contributed by atoms with E-state index in [0.717, 1.165) is 18.7 Å². The SMILES string of the molecule is CCOC(=O)c1ccc(NC(=S)N[C@H](C)c2ccc(N3CCCC3)cc2)cc1Cl. The molecule has 0 saturated carbocycles. The monoisotopic (exact) mass is 431 g/mol. The summed E-state index contributed by atoms with van der Waals surface area (Å²) in [4.78, 5) is 14.3. The van der Waals surface area contributed by atoms with Crippen LogP contribution in [0.25, 0.3) is 0 Å². The highest BCUT2D eigenvalue weighted by Gasteiger charge is 2.14. The minimum absolute atomic E-state index is 0.0527. The van der Waals surface area contributed by atoms with Gasteiger partial charge in [-0.05, 0) is 74.8 Å². The van der Waals surface area contributed by atoms with Crippen molar-refractivity contribution in [3.05, 3.63) is 58.6 Å². The Labute approximate surface area is 182 Å². The lowest BCUT2D eigenvalue weighted by Gasteiger charge is -2.20. The van der Waals surface area contributed by atoms with Crippen molar-refractivity contribution in [1.82, 2.24) is 5.32 Å². The Bertz CT molecular complexity index is 867. The number of nitrogens with zero attached hydrogens (tertiary/aromatic N) is 1. The second-order valence-corrected chi connectivity index (χ2v) is 7.84. The molecule has 2 aromatic carbocycles. The molecule has 0 spiro atoms. The highest BCUT2D eigenvalue weighted by molar-refractivity contribution is 7.80. The standard InChI is InChI=1S/C22H26ClN3O2S/c1-3-28-21(27)19-11-8-17(14-20(19)23)25-22(29)24-15(2)16-6-9-18(10-7-16)26-12-4-5-13-26/h6-11,14-15H,3-5,12-13H2,1-2H3,(H2,24,25,29)/t15-/m1/s1. The maximum absolute atomic E-state index is 11.8. The molecule has 1 aliphatic rings. The molecule has 5 nitrogen and oxygen atoms in total. The van der Waals surface area contributed by atoms with Crippen molar-refractivity contribution in [2.75, 3.05) is 29.9 Å². The van der Waals surface area contributed by atoms with E-state index in [0.29, 0.717) is 28.0 Å². The van der Waals surface area contributed by atoms with Crippen LogP contribution in [0.3, 0.4) is 0 Å². The van der Waals surface area contributed by atoms with Crippen molar-refractivity contribution in [1.29, 1.82) is 0 Å². The van der Waals surface area contributed by atoms with Gasteiger partial charge in [0.2, 0.25) is 0 Å². The van der Waals surface area contributed by atoms with Gasteiger partial charge in [0.05, 0.1) is 23.2 Å². The number of hydrogen-bond acceptors (Lipinski definition) is 4. The summed E-state index contributed by atoms with van der Waals surface area (Å²) in [6.45, 7) is 6.40. The average molecular weight is 432 g/mol. The summed E-state index contributed by atoms with van der Waals surface area (Å²) in [6.07, 6.45) is 2.54. The first-order valence-electron chi connectivity index (χ1n) is 9.87. The van der Waals surface area contributed by atoms with E-state index in [1.54, 1.807) is 25.1 Å². The largest absolute Gasteiger partial charge is 0.462 e. The summed E-state index contributed by atoms with van der Waals surface area (Å²) in [5, 5.41) is 7.20. The molecule has 2 N–H and O–H groups in total. The van der Waals surface area contributed by atoms with Gasteiger partial charge >= 0.3 is 5.97 Å². The second-order valence-electron chi connectivity index (χ2n) is 7.02. The zero-order valence-corrected chi connectivity index (χ0v) is 18.3. The van der Waals surface area contributed by atoms with Crippen LogP contribution in [0.2, 0.25) is 5.02 Å². The summed E-state index contributed by atoms with van der Waals surface area (Å²) in [5.74, 6) is -0.434. The number of hydrogen-bond donors (Lipinski definition) is 2. The zero-order chi connectivity index (χ0) is 20.8. The van der Waals surface area contributed by atoms with Crippen LogP contribution >= 0.6 is 23.8 Å². The fourth-order valence-corrected chi connectivity index (χ4v) is 3.92. The molecule has 0 aliphatic carbocycles. The summed E-state index contributed by atoms with van der Waals surface area (Å²) in [5.41, 5.74) is 3.48. The molecule has 7 heteroatoms. The third-order valence-corrected chi connectivity index (χ3v) is 5.47. The molecular weight excluding hydrogens is 406 g/mol. The summed E-state index contributed by atoms with van der Waals surface area (Å²) in [7, 11) is 0. The fourth-order valence-electron chi connectivity index (χ4n) is 3.36. The van der Waals surface area contributed by atoms with Gasteiger partial charge in [0, 0.05) is 24.5 Å². The zero-order valence-electron chi connectivity index (χ0n) is 16.7. The van der Waals surface area contributed by atoms with Gasteiger partial charge in [-0.1, -0.05) is 23.7 Å². The molecular formula is C22H26ClN3O2S. The highest BCUT2D eigenvalue weighted by atomic mass is 35.5. The lowest BCUT2D eigenvalue weighted by molar-refractivity contribution is 0.0526. The molecule has 1 heterocycles. The molecule has 2 aromatic rings. The number of thiocarbonyl (C=S) groups is 1. The third kappa shape index (κ3) is 5.61. The quantitative estimate of drug-likeness (QED) is 0.486. The van der Waals surface area contributed by atoms with E-state index in [1.165, 1.54) is 18.5 Å². The molecule has 0 radical (unpaired) electrons. The summed E-state index contributed by atoms with van der Waals surface area (Å²) < 4.78 is 4.99. The third-order valence-electron chi connectivity index (χ3n) is 4.93. The van der Waals surface area contributed by atoms with Gasteiger partial charge in [-0.15, -0.1) is 0 Å². The molecule has 3 rings (SSSR count). The van der Waals surface area contributed by atoms with E-state index in [1.807, 2.05) is 0 Å². The first kappa shape index (κ1) is 21.4. The van der Waals surface area contributed by atoms with Crippen LogP contribution in [0, 0.1) is 0 Å². The van der Waals surface area contributed by atoms with Crippen molar-refractivity contribution in [3.8, 4) is 0 Å². The molecule has 0 aromatic heterocycles. The van der Waals surface area contributed by atoms with Gasteiger partial charge in [0.25, 0.3) is 0 Å². The van der Waals surface area contributed by atoms with E-state index in [-0.39, 0.29) is 6.04 Å². The Morgan fingerprint density at radius 3 is 2.52 bits per heavy atom. The van der Waals surface area contributed by atoms with Crippen molar-refractivity contribution in [2.45, 2.75) is 32.7 Å². The lowest BCUT2D eigenvalue weighted by Crippen LogP contribution is -2.31. The predicted octanol–water partition coefficient (Wildman–Crippen LogP) is 5.16. The number of esters is 1. The van der Waals surface area contributed by atoms with E-state index < -0.39 is 5.97 Å². The van der Waals surface area contributed by atoms with Gasteiger partial charge in [-0.2, -0.15) is 0 Å². The fraction of sp³-hybridized carbons (Fsp3) is 0.364.